The second-order valence-electron chi connectivity index (χ2n) is 3.19. The Bertz CT molecular complexity index is 117. The predicted octanol–water partition coefficient (Wildman–Crippen LogP) is 2.69. The molecule has 1 N–H and O–H groups in total. The summed E-state index contributed by atoms with van der Waals surface area (Å²) in [5.41, 5.74) is 1.40. The van der Waals surface area contributed by atoms with Crippen molar-refractivity contribution in [3.8, 4) is 0 Å². The summed E-state index contributed by atoms with van der Waals surface area (Å²) in [6.45, 7) is 6.46. The van der Waals surface area contributed by atoms with Crippen molar-refractivity contribution in [3.63, 3.8) is 0 Å². The molecular formula is C10H21NS. The summed E-state index contributed by atoms with van der Waals surface area (Å²) in [5.74, 6) is 1.30. The lowest BCUT2D eigenvalue weighted by molar-refractivity contribution is 0.683. The van der Waals surface area contributed by atoms with E-state index >= 15 is 0 Å². The van der Waals surface area contributed by atoms with E-state index in [1.165, 1.54) is 24.2 Å². The van der Waals surface area contributed by atoms with Crippen LogP contribution in [0, 0.1) is 0 Å². The number of hydrogen-bond acceptors (Lipinski definition) is 2. The van der Waals surface area contributed by atoms with Gasteiger partial charge in [-0.3, -0.25) is 0 Å². The lowest BCUT2D eigenvalue weighted by atomic mass is 10.3. The molecule has 0 atom stereocenters. The van der Waals surface area contributed by atoms with Crippen molar-refractivity contribution in [3.05, 3.63) is 11.6 Å². The van der Waals surface area contributed by atoms with Crippen molar-refractivity contribution >= 4 is 11.8 Å². The smallest absolute Gasteiger partial charge is 0.0137 e. The molecule has 0 saturated carbocycles. The number of hydrogen-bond donors (Lipinski definition) is 1. The normalized spacial score (nSPS) is 9.92. The summed E-state index contributed by atoms with van der Waals surface area (Å²) in [5, 5.41) is 3.39. The molecule has 0 aliphatic carbocycles. The summed E-state index contributed by atoms with van der Waals surface area (Å²) in [4.78, 5) is 0. The fourth-order valence-corrected chi connectivity index (χ4v) is 1.37. The van der Waals surface area contributed by atoms with Crippen LogP contribution in [0.4, 0.5) is 0 Å². The van der Waals surface area contributed by atoms with Gasteiger partial charge in [0.1, 0.15) is 0 Å². The first-order valence-electron chi connectivity index (χ1n) is 4.60. The van der Waals surface area contributed by atoms with Gasteiger partial charge in [0.25, 0.3) is 0 Å². The van der Waals surface area contributed by atoms with Crippen molar-refractivity contribution in [1.82, 2.24) is 5.32 Å². The summed E-state index contributed by atoms with van der Waals surface area (Å²) in [7, 11) is 0. The van der Waals surface area contributed by atoms with Gasteiger partial charge in [0.2, 0.25) is 0 Å². The van der Waals surface area contributed by atoms with Gasteiger partial charge in [0, 0.05) is 6.54 Å². The van der Waals surface area contributed by atoms with Gasteiger partial charge in [-0.1, -0.05) is 11.6 Å². The average Bonchev–Trinajstić information content (AvgIpc) is 2.02. The summed E-state index contributed by atoms with van der Waals surface area (Å²) in [6, 6.07) is 0. The predicted molar refractivity (Wildman–Crippen MR) is 59.9 cm³/mol. The molecule has 0 aromatic rings. The topological polar surface area (TPSA) is 12.0 Å². The third-order valence-electron chi connectivity index (χ3n) is 1.61. The SMILES string of the molecule is CSCCCCNCC=C(C)C. The molecule has 0 aromatic heterocycles. The van der Waals surface area contributed by atoms with Crippen molar-refractivity contribution in [2.24, 2.45) is 0 Å². The first kappa shape index (κ1) is 12.0. The van der Waals surface area contributed by atoms with Gasteiger partial charge in [-0.2, -0.15) is 11.8 Å². The van der Waals surface area contributed by atoms with Gasteiger partial charge in [-0.15, -0.1) is 0 Å². The third kappa shape index (κ3) is 10.0. The number of thioether (sulfide) groups is 1. The molecule has 0 saturated heterocycles. The van der Waals surface area contributed by atoms with Crippen molar-refractivity contribution in [2.45, 2.75) is 26.7 Å². The van der Waals surface area contributed by atoms with E-state index < -0.39 is 0 Å². The summed E-state index contributed by atoms with van der Waals surface area (Å²) < 4.78 is 0. The highest BCUT2D eigenvalue weighted by atomic mass is 32.2. The lowest BCUT2D eigenvalue weighted by Crippen LogP contribution is -2.15. The maximum absolute atomic E-state index is 3.39. The van der Waals surface area contributed by atoms with Gasteiger partial charge in [-0.25, -0.2) is 0 Å². The molecule has 0 rings (SSSR count). The highest BCUT2D eigenvalue weighted by Gasteiger charge is 1.86. The number of nitrogens with one attached hydrogen (secondary N) is 1. The van der Waals surface area contributed by atoms with E-state index in [0.717, 1.165) is 13.1 Å². The lowest BCUT2D eigenvalue weighted by Gasteiger charge is -2.00. The maximum atomic E-state index is 3.39. The fraction of sp³-hybridized carbons (Fsp3) is 0.800. The zero-order chi connectivity index (χ0) is 9.23. The van der Waals surface area contributed by atoms with Gasteiger partial charge < -0.3 is 5.32 Å². The molecule has 0 aromatic carbocycles. The third-order valence-corrected chi connectivity index (χ3v) is 2.30. The fourth-order valence-electron chi connectivity index (χ4n) is 0.875. The second kappa shape index (κ2) is 9.14. The molecule has 72 valence electrons. The Labute approximate surface area is 81.0 Å². The van der Waals surface area contributed by atoms with Crippen LogP contribution >= 0.6 is 11.8 Å². The van der Waals surface area contributed by atoms with E-state index in [9.17, 15) is 0 Å². The molecule has 0 aliphatic heterocycles. The highest BCUT2D eigenvalue weighted by Crippen LogP contribution is 1.97. The van der Waals surface area contributed by atoms with E-state index in [-0.39, 0.29) is 0 Å². The van der Waals surface area contributed by atoms with Crippen molar-refractivity contribution < 1.29 is 0 Å². The van der Waals surface area contributed by atoms with Crippen LogP contribution in [0.15, 0.2) is 11.6 Å². The molecular weight excluding hydrogens is 166 g/mol. The largest absolute Gasteiger partial charge is 0.313 e. The average molecular weight is 187 g/mol. The molecule has 0 heterocycles. The maximum Gasteiger partial charge on any atom is 0.0137 e. The Morgan fingerprint density at radius 3 is 2.67 bits per heavy atom. The van der Waals surface area contributed by atoms with Crippen LogP contribution in [0.3, 0.4) is 0 Å². The molecule has 0 aliphatic rings. The van der Waals surface area contributed by atoms with E-state index in [1.807, 2.05) is 11.8 Å². The molecule has 0 spiro atoms. The molecule has 0 radical (unpaired) electrons. The zero-order valence-electron chi connectivity index (χ0n) is 8.52. The van der Waals surface area contributed by atoms with E-state index in [0.29, 0.717) is 0 Å². The van der Waals surface area contributed by atoms with E-state index in [4.69, 9.17) is 0 Å². The first-order valence-corrected chi connectivity index (χ1v) is 5.99. The standard InChI is InChI=1S/C10H21NS/c1-10(2)6-8-11-7-4-5-9-12-3/h6,11H,4-5,7-9H2,1-3H3. The Kier molecular flexibility index (Phi) is 9.18. The zero-order valence-corrected chi connectivity index (χ0v) is 9.34. The number of rotatable bonds is 7. The number of allylic oxidation sites excluding steroid dienone is 1. The van der Waals surface area contributed by atoms with Crippen LogP contribution in [-0.4, -0.2) is 25.1 Å². The van der Waals surface area contributed by atoms with Gasteiger partial charge in [-0.05, 0) is 45.2 Å². The van der Waals surface area contributed by atoms with E-state index in [1.54, 1.807) is 0 Å². The first-order chi connectivity index (χ1) is 5.77. The van der Waals surface area contributed by atoms with Crippen molar-refractivity contribution in [2.75, 3.05) is 25.1 Å². The summed E-state index contributed by atoms with van der Waals surface area (Å²) in [6.07, 6.45) is 7.03. The molecule has 0 bridgehead atoms. The molecule has 1 nitrogen and oxygen atoms in total. The monoisotopic (exact) mass is 187 g/mol. The quantitative estimate of drug-likeness (QED) is 0.486. The molecule has 0 fully saturated rings. The van der Waals surface area contributed by atoms with Crippen LogP contribution < -0.4 is 5.32 Å². The Morgan fingerprint density at radius 2 is 2.08 bits per heavy atom. The minimum absolute atomic E-state index is 1.03. The van der Waals surface area contributed by atoms with Crippen LogP contribution in [0.25, 0.3) is 0 Å². The van der Waals surface area contributed by atoms with Crippen LogP contribution in [0.2, 0.25) is 0 Å². The highest BCUT2D eigenvalue weighted by molar-refractivity contribution is 7.98. The summed E-state index contributed by atoms with van der Waals surface area (Å²) >= 11 is 1.93. The van der Waals surface area contributed by atoms with Gasteiger partial charge in [0.15, 0.2) is 0 Å². The van der Waals surface area contributed by atoms with Crippen LogP contribution in [-0.2, 0) is 0 Å². The molecule has 0 amide bonds. The Balaban J connectivity index is 2.96. The van der Waals surface area contributed by atoms with Gasteiger partial charge in [0.05, 0.1) is 0 Å². The number of unbranched alkanes of at least 4 members (excludes halogenated alkanes) is 1. The minimum atomic E-state index is 1.03. The molecule has 12 heavy (non-hydrogen) atoms. The van der Waals surface area contributed by atoms with E-state index in [2.05, 4.69) is 31.5 Å². The Hall–Kier alpha value is 0.0500. The molecule has 2 heteroatoms. The molecule has 0 unspecified atom stereocenters. The minimum Gasteiger partial charge on any atom is -0.313 e. The second-order valence-corrected chi connectivity index (χ2v) is 4.17. The van der Waals surface area contributed by atoms with Gasteiger partial charge >= 0.3 is 0 Å². The Morgan fingerprint density at radius 1 is 1.33 bits per heavy atom. The van der Waals surface area contributed by atoms with Crippen LogP contribution in [0.5, 0.6) is 0 Å². The van der Waals surface area contributed by atoms with Crippen LogP contribution in [0.1, 0.15) is 26.7 Å². The van der Waals surface area contributed by atoms with Crippen molar-refractivity contribution in [1.29, 1.82) is 0 Å².